The van der Waals surface area contributed by atoms with Crippen LogP contribution in [0.25, 0.3) is 10.9 Å². The van der Waals surface area contributed by atoms with Crippen LogP contribution in [0, 0.1) is 11.1 Å². The molecule has 0 radical (unpaired) electrons. The Morgan fingerprint density at radius 1 is 1.16 bits per heavy atom. The number of hydrogen-bond donors (Lipinski definition) is 3. The van der Waals surface area contributed by atoms with Gasteiger partial charge in [0, 0.05) is 54.3 Å². The van der Waals surface area contributed by atoms with Crippen LogP contribution in [0.3, 0.4) is 0 Å². The van der Waals surface area contributed by atoms with E-state index >= 15 is 0 Å². The zero-order valence-electron chi connectivity index (χ0n) is 17.8. The SMILES string of the molecule is COc1cc2cc(C(=O)N3CC4CC(C3)c3ccc([NH+]([O-])O)c(=O)n3C4)[nH]c2cc1OC. The molecule has 32 heavy (non-hydrogen) atoms. The second-order valence-electron chi connectivity index (χ2n) is 8.38. The lowest BCUT2D eigenvalue weighted by Gasteiger charge is -2.42. The fourth-order valence-electron chi connectivity index (χ4n) is 5.02. The highest BCUT2D eigenvalue weighted by molar-refractivity contribution is 5.98. The maximum Gasteiger partial charge on any atom is 0.315 e. The number of carbonyl (C=O) groups excluding carboxylic acids is 1. The van der Waals surface area contributed by atoms with Crippen molar-refractivity contribution in [1.29, 1.82) is 0 Å². The lowest BCUT2D eigenvalue weighted by molar-refractivity contribution is -0.992. The highest BCUT2D eigenvalue weighted by atomic mass is 16.8. The first-order chi connectivity index (χ1) is 15.4. The topological polar surface area (TPSA) is 124 Å². The molecule has 4 heterocycles. The molecule has 0 aliphatic carbocycles. The number of methoxy groups -OCH3 is 2. The average molecular weight is 440 g/mol. The molecule has 1 saturated heterocycles. The summed E-state index contributed by atoms with van der Waals surface area (Å²) >= 11 is 0. The zero-order chi connectivity index (χ0) is 22.6. The van der Waals surface area contributed by atoms with E-state index in [1.807, 2.05) is 17.0 Å². The van der Waals surface area contributed by atoms with E-state index < -0.39 is 10.8 Å². The minimum Gasteiger partial charge on any atom is -0.595 e. The molecule has 10 nitrogen and oxygen atoms in total. The summed E-state index contributed by atoms with van der Waals surface area (Å²) < 4.78 is 12.3. The fourth-order valence-corrected chi connectivity index (χ4v) is 5.02. The molecule has 1 amide bonds. The molecule has 168 valence electrons. The molecule has 3 N–H and O–H groups in total. The van der Waals surface area contributed by atoms with Gasteiger partial charge in [-0.05, 0) is 30.5 Å². The van der Waals surface area contributed by atoms with Crippen molar-refractivity contribution in [2.45, 2.75) is 18.9 Å². The van der Waals surface area contributed by atoms with Crippen molar-refractivity contribution in [2.24, 2.45) is 5.92 Å². The van der Waals surface area contributed by atoms with E-state index in [-0.39, 0.29) is 23.4 Å². The van der Waals surface area contributed by atoms with Gasteiger partial charge in [-0.3, -0.25) is 9.59 Å². The number of amides is 1. The fraction of sp³-hybridized carbons (Fsp3) is 0.364. The maximum absolute atomic E-state index is 13.3. The smallest absolute Gasteiger partial charge is 0.315 e. The second-order valence-corrected chi connectivity index (χ2v) is 8.38. The summed E-state index contributed by atoms with van der Waals surface area (Å²) in [5.41, 5.74) is 1.36. The van der Waals surface area contributed by atoms with Gasteiger partial charge in [0.25, 0.3) is 5.91 Å². The molecule has 3 unspecified atom stereocenters. The Morgan fingerprint density at radius 2 is 1.91 bits per heavy atom. The van der Waals surface area contributed by atoms with Gasteiger partial charge in [0.15, 0.2) is 11.5 Å². The lowest BCUT2D eigenvalue weighted by Crippen LogP contribution is -3.00. The number of carbonyl (C=O) groups is 1. The molecule has 10 heteroatoms. The van der Waals surface area contributed by atoms with Gasteiger partial charge in [-0.25, -0.2) is 5.21 Å². The summed E-state index contributed by atoms with van der Waals surface area (Å²) in [4.78, 5) is 30.9. The van der Waals surface area contributed by atoms with Crippen LogP contribution in [-0.2, 0) is 6.54 Å². The number of piperidine rings is 1. The van der Waals surface area contributed by atoms with Crippen LogP contribution in [0.4, 0.5) is 5.69 Å². The molecule has 2 aromatic heterocycles. The van der Waals surface area contributed by atoms with E-state index in [9.17, 15) is 20.0 Å². The van der Waals surface area contributed by atoms with E-state index in [0.29, 0.717) is 36.8 Å². The highest BCUT2D eigenvalue weighted by Gasteiger charge is 2.37. The molecule has 2 aliphatic rings. The van der Waals surface area contributed by atoms with Crippen molar-refractivity contribution in [3.8, 4) is 11.5 Å². The molecule has 0 saturated carbocycles. The molecular weight excluding hydrogens is 416 g/mol. The van der Waals surface area contributed by atoms with E-state index in [1.165, 1.54) is 6.07 Å². The van der Waals surface area contributed by atoms with Crippen molar-refractivity contribution in [1.82, 2.24) is 14.5 Å². The molecule has 1 aromatic carbocycles. The molecule has 0 spiro atoms. The molecule has 3 aromatic rings. The minimum atomic E-state index is -1.22. The average Bonchev–Trinajstić information content (AvgIpc) is 3.20. The Hall–Kier alpha value is -3.34. The Kier molecular flexibility index (Phi) is 4.92. The molecule has 2 bridgehead atoms. The Labute approximate surface area is 183 Å². The van der Waals surface area contributed by atoms with Crippen molar-refractivity contribution < 1.29 is 24.7 Å². The maximum atomic E-state index is 13.3. The summed E-state index contributed by atoms with van der Waals surface area (Å²) in [5.74, 6) is 1.15. The monoisotopic (exact) mass is 440 g/mol. The van der Waals surface area contributed by atoms with E-state index in [0.717, 1.165) is 23.0 Å². The van der Waals surface area contributed by atoms with Crippen molar-refractivity contribution in [2.75, 3.05) is 27.3 Å². The summed E-state index contributed by atoms with van der Waals surface area (Å²) in [6.45, 7) is 1.40. The third-order valence-electron chi connectivity index (χ3n) is 6.48. The van der Waals surface area contributed by atoms with Crippen LogP contribution in [0.15, 0.2) is 35.1 Å². The van der Waals surface area contributed by atoms with E-state index in [2.05, 4.69) is 4.98 Å². The third-order valence-corrected chi connectivity index (χ3v) is 6.48. The Bertz CT molecular complexity index is 1220. The minimum absolute atomic E-state index is 0.00781. The van der Waals surface area contributed by atoms with Gasteiger partial charge in [0.05, 0.1) is 14.2 Å². The number of aromatic amines is 1. The highest BCUT2D eigenvalue weighted by Crippen LogP contribution is 2.37. The number of H-pyrrole nitrogens is 1. The van der Waals surface area contributed by atoms with Crippen molar-refractivity contribution in [3.63, 3.8) is 0 Å². The largest absolute Gasteiger partial charge is 0.595 e. The van der Waals surface area contributed by atoms with Crippen LogP contribution in [0.2, 0.25) is 0 Å². The number of benzene rings is 1. The van der Waals surface area contributed by atoms with Crippen LogP contribution < -0.4 is 20.3 Å². The van der Waals surface area contributed by atoms with Gasteiger partial charge in [0.1, 0.15) is 5.69 Å². The predicted octanol–water partition coefficient (Wildman–Crippen LogP) is 1.01. The summed E-state index contributed by atoms with van der Waals surface area (Å²) in [7, 11) is 3.13. The second kappa shape index (κ2) is 7.66. The summed E-state index contributed by atoms with van der Waals surface area (Å²) in [5, 5.41) is 20.2. The third kappa shape index (κ3) is 3.24. The molecule has 3 atom stereocenters. The quantitative estimate of drug-likeness (QED) is 0.520. The van der Waals surface area contributed by atoms with E-state index in [4.69, 9.17) is 9.47 Å². The van der Waals surface area contributed by atoms with Gasteiger partial charge >= 0.3 is 5.56 Å². The van der Waals surface area contributed by atoms with Crippen LogP contribution in [0.5, 0.6) is 11.5 Å². The summed E-state index contributed by atoms with van der Waals surface area (Å²) in [6.07, 6.45) is 0.872. The number of nitrogens with zero attached hydrogens (tertiary/aromatic N) is 2. The molecule has 1 fully saturated rings. The van der Waals surface area contributed by atoms with Crippen molar-refractivity contribution >= 4 is 22.5 Å². The Morgan fingerprint density at radius 3 is 2.62 bits per heavy atom. The van der Waals surface area contributed by atoms with Gasteiger partial charge in [-0.15, -0.1) is 0 Å². The number of fused-ring (bicyclic) bond motifs is 5. The number of aromatic nitrogens is 2. The van der Waals surface area contributed by atoms with Crippen LogP contribution in [0.1, 0.15) is 28.5 Å². The van der Waals surface area contributed by atoms with Gasteiger partial charge in [0.2, 0.25) is 5.69 Å². The van der Waals surface area contributed by atoms with Crippen LogP contribution >= 0.6 is 0 Å². The molecule has 2 aliphatic heterocycles. The first-order valence-electron chi connectivity index (χ1n) is 10.4. The number of pyridine rings is 1. The van der Waals surface area contributed by atoms with Crippen LogP contribution in [-0.4, -0.2) is 52.9 Å². The standard InChI is InChI=1S/C22H24N4O6/c1-31-19-7-13-6-16(23-15(13)8-20(19)32-2)21(27)24-9-12-5-14(11-24)17-3-4-18(26(29)30)22(28)25(17)10-12/h3-4,6-8,12,14,23,26,29H,5,9-11H2,1-2H3. The predicted molar refractivity (Wildman–Crippen MR) is 115 cm³/mol. The van der Waals surface area contributed by atoms with Gasteiger partial charge in [-0.2, -0.15) is 5.23 Å². The number of nitrogens with one attached hydrogen (secondary N) is 2. The first kappa shape index (κ1) is 20.6. The molecule has 5 rings (SSSR count). The first-order valence-corrected chi connectivity index (χ1v) is 10.4. The number of likely N-dealkylation sites (tertiary alicyclic amines) is 1. The number of rotatable bonds is 4. The molecular formula is C22H24N4O6. The van der Waals surface area contributed by atoms with Gasteiger partial charge in [-0.1, -0.05) is 0 Å². The summed E-state index contributed by atoms with van der Waals surface area (Å²) in [6, 6.07) is 8.52. The zero-order valence-corrected chi connectivity index (χ0v) is 17.8. The number of hydrogen-bond acceptors (Lipinski definition) is 6. The Balaban J connectivity index is 1.44. The number of quaternary nitrogens is 1. The normalized spacial score (nSPS) is 20.7. The number of ether oxygens (including phenoxy) is 2. The van der Waals surface area contributed by atoms with E-state index in [1.54, 1.807) is 30.9 Å². The van der Waals surface area contributed by atoms with Gasteiger partial charge < -0.3 is 29.1 Å². The van der Waals surface area contributed by atoms with Crippen molar-refractivity contribution in [3.05, 3.63) is 57.3 Å². The lowest BCUT2D eigenvalue weighted by atomic mass is 9.83.